The third-order valence-electron chi connectivity index (χ3n) is 5.79. The van der Waals surface area contributed by atoms with Crippen LogP contribution < -0.4 is 9.47 Å². The maximum Gasteiger partial charge on any atom is 0.326 e. The third kappa shape index (κ3) is 3.10. The topological polar surface area (TPSA) is 140 Å². The SMILES string of the molecule is CCCc1cc(OC)c2c(c1)OC(C(O)(O)O)(C(O)(O)O)C1CCC(C)=CC21. The molecule has 0 fully saturated rings. The first-order valence-corrected chi connectivity index (χ1v) is 9.37. The van der Waals surface area contributed by atoms with Gasteiger partial charge in [-0.1, -0.05) is 25.0 Å². The van der Waals surface area contributed by atoms with Crippen molar-refractivity contribution in [2.45, 2.75) is 63.0 Å². The first-order chi connectivity index (χ1) is 13.0. The summed E-state index contributed by atoms with van der Waals surface area (Å²) in [6.07, 6.45) is 4.03. The van der Waals surface area contributed by atoms with Gasteiger partial charge in [0.2, 0.25) is 0 Å². The van der Waals surface area contributed by atoms with Crippen molar-refractivity contribution in [1.82, 2.24) is 0 Å². The van der Waals surface area contributed by atoms with Gasteiger partial charge in [0.05, 0.1) is 7.11 Å². The lowest BCUT2D eigenvalue weighted by molar-refractivity contribution is -0.500. The van der Waals surface area contributed by atoms with E-state index in [-0.39, 0.29) is 12.2 Å². The Bertz CT molecular complexity index is 758. The summed E-state index contributed by atoms with van der Waals surface area (Å²) in [4.78, 5) is 0. The van der Waals surface area contributed by atoms with E-state index in [1.165, 1.54) is 7.11 Å². The van der Waals surface area contributed by atoms with Gasteiger partial charge < -0.3 is 40.1 Å². The minimum atomic E-state index is -3.74. The maximum absolute atomic E-state index is 10.1. The number of fused-ring (bicyclic) bond motifs is 3. The number of rotatable bonds is 5. The van der Waals surface area contributed by atoms with E-state index in [9.17, 15) is 30.6 Å². The van der Waals surface area contributed by atoms with Crippen molar-refractivity contribution in [3.63, 3.8) is 0 Å². The van der Waals surface area contributed by atoms with E-state index < -0.39 is 29.4 Å². The Morgan fingerprint density at radius 3 is 2.32 bits per heavy atom. The molecule has 1 aliphatic heterocycles. The second kappa shape index (κ2) is 6.98. The summed E-state index contributed by atoms with van der Waals surface area (Å²) < 4.78 is 11.2. The highest BCUT2D eigenvalue weighted by molar-refractivity contribution is 5.55. The van der Waals surface area contributed by atoms with E-state index in [1.54, 1.807) is 6.07 Å². The summed E-state index contributed by atoms with van der Waals surface area (Å²) in [5.41, 5.74) is -0.497. The van der Waals surface area contributed by atoms with Crippen LogP contribution in [0.3, 0.4) is 0 Å². The Balaban J connectivity index is 2.33. The lowest BCUT2D eigenvalue weighted by Crippen LogP contribution is -2.76. The number of aliphatic hydroxyl groups is 6. The first kappa shape index (κ1) is 21.0. The average molecular weight is 396 g/mol. The molecule has 0 amide bonds. The summed E-state index contributed by atoms with van der Waals surface area (Å²) >= 11 is 0. The number of hydrogen-bond donors (Lipinski definition) is 6. The van der Waals surface area contributed by atoms with Crippen LogP contribution >= 0.6 is 0 Å². The summed E-state index contributed by atoms with van der Waals surface area (Å²) in [5, 5.41) is 60.7. The van der Waals surface area contributed by atoms with E-state index in [0.717, 1.165) is 17.6 Å². The van der Waals surface area contributed by atoms with E-state index in [0.29, 0.717) is 24.2 Å². The molecule has 1 heterocycles. The summed E-state index contributed by atoms with van der Waals surface area (Å²) in [6.45, 7) is 3.89. The van der Waals surface area contributed by atoms with E-state index in [2.05, 4.69) is 0 Å². The van der Waals surface area contributed by atoms with Crippen LogP contribution in [0, 0.1) is 5.92 Å². The highest BCUT2D eigenvalue weighted by Gasteiger charge is 2.72. The Morgan fingerprint density at radius 2 is 1.79 bits per heavy atom. The molecule has 8 nitrogen and oxygen atoms in total. The van der Waals surface area contributed by atoms with Crippen LogP contribution in [-0.2, 0) is 6.42 Å². The second-order valence-corrected chi connectivity index (χ2v) is 7.75. The van der Waals surface area contributed by atoms with E-state index in [4.69, 9.17) is 9.47 Å². The van der Waals surface area contributed by atoms with Gasteiger partial charge in [0, 0.05) is 17.4 Å². The average Bonchev–Trinajstić information content (AvgIpc) is 2.58. The zero-order valence-corrected chi connectivity index (χ0v) is 16.2. The van der Waals surface area contributed by atoms with Gasteiger partial charge in [-0.2, -0.15) is 0 Å². The minimum absolute atomic E-state index is 0.0815. The molecule has 0 spiro atoms. The lowest BCUT2D eigenvalue weighted by Gasteiger charge is -2.54. The van der Waals surface area contributed by atoms with E-state index in [1.807, 2.05) is 26.0 Å². The van der Waals surface area contributed by atoms with Gasteiger partial charge in [0.15, 0.2) is 0 Å². The van der Waals surface area contributed by atoms with Gasteiger partial charge in [0.1, 0.15) is 11.5 Å². The molecule has 0 bridgehead atoms. The molecule has 1 aromatic carbocycles. The quantitative estimate of drug-likeness (QED) is 0.312. The zero-order chi connectivity index (χ0) is 20.9. The van der Waals surface area contributed by atoms with Gasteiger partial charge >= 0.3 is 11.9 Å². The van der Waals surface area contributed by atoms with Crippen molar-refractivity contribution >= 4 is 0 Å². The number of ether oxygens (including phenoxy) is 2. The molecule has 3 rings (SSSR count). The molecule has 0 aromatic heterocycles. The standard InChI is InChI=1S/C20H28O8/c1-4-5-12-9-15(27-3)17-13-8-11(2)6-7-14(13)18(19(21,22)23,20(24,25)26)28-16(17)10-12/h8-10,13-14,21-26H,4-7H2,1-3H3. The molecule has 28 heavy (non-hydrogen) atoms. The molecule has 0 saturated heterocycles. The van der Waals surface area contributed by atoms with Crippen molar-refractivity contribution in [2.24, 2.45) is 5.92 Å². The fraction of sp³-hybridized carbons (Fsp3) is 0.600. The number of methoxy groups -OCH3 is 1. The molecule has 0 saturated carbocycles. The molecule has 8 heteroatoms. The monoisotopic (exact) mass is 396 g/mol. The fourth-order valence-electron chi connectivity index (χ4n) is 4.59. The van der Waals surface area contributed by atoms with Crippen molar-refractivity contribution in [2.75, 3.05) is 7.11 Å². The normalized spacial score (nSPS) is 24.0. The minimum Gasteiger partial charge on any atom is -0.496 e. The molecular formula is C20H28O8. The Morgan fingerprint density at radius 1 is 1.14 bits per heavy atom. The molecule has 2 unspecified atom stereocenters. The van der Waals surface area contributed by atoms with Crippen molar-refractivity contribution in [1.29, 1.82) is 0 Å². The second-order valence-electron chi connectivity index (χ2n) is 7.75. The molecule has 6 N–H and O–H groups in total. The Labute approximate surface area is 163 Å². The van der Waals surface area contributed by atoms with Gasteiger partial charge in [-0.15, -0.1) is 0 Å². The van der Waals surface area contributed by atoms with Crippen LogP contribution in [0.5, 0.6) is 11.5 Å². The van der Waals surface area contributed by atoms with Crippen LogP contribution in [0.1, 0.15) is 50.2 Å². The molecule has 1 aromatic rings. The highest BCUT2D eigenvalue weighted by atomic mass is 16.8. The smallest absolute Gasteiger partial charge is 0.326 e. The fourth-order valence-corrected chi connectivity index (χ4v) is 4.59. The van der Waals surface area contributed by atoms with Crippen LogP contribution in [0.25, 0.3) is 0 Å². The van der Waals surface area contributed by atoms with Crippen molar-refractivity contribution in [3.05, 3.63) is 34.9 Å². The predicted octanol–water partition coefficient (Wildman–Crippen LogP) is 0.480. The van der Waals surface area contributed by atoms with Gasteiger partial charge in [0.25, 0.3) is 5.60 Å². The Kier molecular flexibility index (Phi) is 5.24. The van der Waals surface area contributed by atoms with Crippen molar-refractivity contribution < 1.29 is 40.1 Å². The largest absolute Gasteiger partial charge is 0.496 e. The lowest BCUT2D eigenvalue weighted by atomic mass is 9.64. The molecule has 2 aliphatic rings. The highest BCUT2D eigenvalue weighted by Crippen LogP contribution is 2.58. The summed E-state index contributed by atoms with van der Waals surface area (Å²) in [5.74, 6) is -8.56. The molecule has 2 atom stereocenters. The third-order valence-corrected chi connectivity index (χ3v) is 5.79. The van der Waals surface area contributed by atoms with Gasteiger partial charge in [-0.3, -0.25) is 0 Å². The number of allylic oxidation sites excluding steroid dienone is 2. The Hall–Kier alpha value is -1.68. The zero-order valence-electron chi connectivity index (χ0n) is 16.2. The van der Waals surface area contributed by atoms with Crippen molar-refractivity contribution in [3.8, 4) is 11.5 Å². The predicted molar refractivity (Wildman–Crippen MR) is 98.3 cm³/mol. The maximum atomic E-state index is 10.1. The molecular weight excluding hydrogens is 368 g/mol. The molecule has 156 valence electrons. The van der Waals surface area contributed by atoms with E-state index >= 15 is 0 Å². The number of aryl methyl sites for hydroxylation is 1. The van der Waals surface area contributed by atoms with Crippen LogP contribution in [0.4, 0.5) is 0 Å². The van der Waals surface area contributed by atoms with Crippen LogP contribution in [0.2, 0.25) is 0 Å². The summed E-state index contributed by atoms with van der Waals surface area (Å²) in [6, 6.07) is 3.49. The van der Waals surface area contributed by atoms with Gasteiger partial charge in [-0.05, 0) is 43.9 Å². The first-order valence-electron chi connectivity index (χ1n) is 9.37. The number of benzene rings is 1. The molecule has 0 radical (unpaired) electrons. The summed E-state index contributed by atoms with van der Waals surface area (Å²) in [7, 11) is 1.50. The van der Waals surface area contributed by atoms with Crippen LogP contribution in [0.15, 0.2) is 23.8 Å². The molecule has 1 aliphatic carbocycles. The van der Waals surface area contributed by atoms with Crippen LogP contribution in [-0.4, -0.2) is 55.3 Å². The number of hydrogen-bond acceptors (Lipinski definition) is 8. The van der Waals surface area contributed by atoms with Gasteiger partial charge in [-0.25, -0.2) is 0 Å².